The third-order valence-electron chi connectivity index (χ3n) is 4.14. The van der Waals surface area contributed by atoms with Crippen LogP contribution in [-0.2, 0) is 0 Å². The molecule has 0 spiro atoms. The van der Waals surface area contributed by atoms with Crippen molar-refractivity contribution in [3.05, 3.63) is 60.9 Å². The summed E-state index contributed by atoms with van der Waals surface area (Å²) in [6.07, 6.45) is 3.50. The van der Waals surface area contributed by atoms with Crippen LogP contribution in [0.4, 0.5) is 0 Å². The van der Waals surface area contributed by atoms with Gasteiger partial charge in [-0.1, -0.05) is 36.4 Å². The van der Waals surface area contributed by atoms with Gasteiger partial charge in [0.05, 0.1) is 42.2 Å². The Balaban J connectivity index is 1.67. The molecule has 0 unspecified atom stereocenters. The molecule has 134 valence electrons. The van der Waals surface area contributed by atoms with Crippen molar-refractivity contribution in [2.75, 3.05) is 13.7 Å². The summed E-state index contributed by atoms with van der Waals surface area (Å²) in [6, 6.07) is 16.1. The minimum Gasteiger partial charge on any atom is -0.480 e. The summed E-state index contributed by atoms with van der Waals surface area (Å²) in [5.74, 6) is 0.478. The van der Waals surface area contributed by atoms with E-state index in [1.54, 1.807) is 19.5 Å². The van der Waals surface area contributed by atoms with Gasteiger partial charge in [-0.3, -0.25) is 4.98 Å². The molecule has 4 rings (SSSR count). The lowest BCUT2D eigenvalue weighted by atomic mass is 10.0. The van der Waals surface area contributed by atoms with Gasteiger partial charge in [0.25, 0.3) is 0 Å². The number of hydrogen-bond acceptors (Lipinski definition) is 6. The number of hydrogen-bond donors (Lipinski definition) is 0. The van der Waals surface area contributed by atoms with Gasteiger partial charge >= 0.3 is 6.01 Å². The predicted octanol–water partition coefficient (Wildman–Crippen LogP) is 4.16. The number of para-hydroxylation sites is 2. The minimum absolute atomic E-state index is 0.307. The van der Waals surface area contributed by atoms with E-state index in [0.717, 1.165) is 33.4 Å². The number of rotatable bonds is 5. The lowest BCUT2D eigenvalue weighted by Gasteiger charge is -2.10. The highest BCUT2D eigenvalue weighted by Crippen LogP contribution is 2.30. The lowest BCUT2D eigenvalue weighted by molar-refractivity contribution is 0.303. The SMILES string of the molecule is CCOc1ncc(-c2ccc(-c3cnc4ccccc4n3)cc2)c(OC)n1. The van der Waals surface area contributed by atoms with Crippen LogP contribution in [0.1, 0.15) is 6.92 Å². The molecule has 0 saturated carbocycles. The molecule has 0 N–H and O–H groups in total. The fourth-order valence-corrected chi connectivity index (χ4v) is 2.82. The number of methoxy groups -OCH3 is 1. The maximum Gasteiger partial charge on any atom is 0.319 e. The zero-order chi connectivity index (χ0) is 18.6. The monoisotopic (exact) mass is 358 g/mol. The van der Waals surface area contributed by atoms with Crippen molar-refractivity contribution >= 4 is 11.0 Å². The quantitative estimate of drug-likeness (QED) is 0.533. The molecule has 27 heavy (non-hydrogen) atoms. The van der Waals surface area contributed by atoms with Crippen LogP contribution in [0.5, 0.6) is 11.9 Å². The van der Waals surface area contributed by atoms with Crippen LogP contribution in [0.3, 0.4) is 0 Å². The Kier molecular flexibility index (Phi) is 4.61. The first-order chi connectivity index (χ1) is 13.3. The minimum atomic E-state index is 0.307. The highest BCUT2D eigenvalue weighted by atomic mass is 16.5. The fourth-order valence-electron chi connectivity index (χ4n) is 2.82. The third kappa shape index (κ3) is 3.42. The molecule has 2 aromatic carbocycles. The maximum absolute atomic E-state index is 5.40. The summed E-state index contributed by atoms with van der Waals surface area (Å²) in [5, 5.41) is 0. The first-order valence-electron chi connectivity index (χ1n) is 8.65. The average molecular weight is 358 g/mol. The second-order valence-corrected chi connectivity index (χ2v) is 5.83. The van der Waals surface area contributed by atoms with E-state index in [1.165, 1.54) is 0 Å². The largest absolute Gasteiger partial charge is 0.480 e. The van der Waals surface area contributed by atoms with Gasteiger partial charge in [0.1, 0.15) is 0 Å². The molecule has 0 aliphatic heterocycles. The van der Waals surface area contributed by atoms with Gasteiger partial charge in [0.15, 0.2) is 0 Å². The van der Waals surface area contributed by atoms with E-state index in [1.807, 2.05) is 55.5 Å². The topological polar surface area (TPSA) is 70.0 Å². The average Bonchev–Trinajstić information content (AvgIpc) is 2.74. The normalized spacial score (nSPS) is 10.7. The number of benzene rings is 2. The van der Waals surface area contributed by atoms with E-state index >= 15 is 0 Å². The van der Waals surface area contributed by atoms with E-state index in [2.05, 4.69) is 19.9 Å². The van der Waals surface area contributed by atoms with Crippen LogP contribution >= 0.6 is 0 Å². The van der Waals surface area contributed by atoms with Crippen LogP contribution in [0, 0.1) is 0 Å². The Bertz CT molecular complexity index is 1080. The molecular formula is C21H18N4O2. The highest BCUT2D eigenvalue weighted by molar-refractivity contribution is 5.77. The molecule has 0 bridgehead atoms. The second-order valence-electron chi connectivity index (χ2n) is 5.83. The molecular weight excluding hydrogens is 340 g/mol. The summed E-state index contributed by atoms with van der Waals surface area (Å²) < 4.78 is 10.7. The molecule has 0 radical (unpaired) electrons. The van der Waals surface area contributed by atoms with Crippen molar-refractivity contribution < 1.29 is 9.47 Å². The Morgan fingerprint density at radius 1 is 0.815 bits per heavy atom. The Hall–Kier alpha value is -3.54. The fraction of sp³-hybridized carbons (Fsp3) is 0.143. The van der Waals surface area contributed by atoms with Crippen LogP contribution in [0.25, 0.3) is 33.4 Å². The van der Waals surface area contributed by atoms with Gasteiger partial charge in [-0.05, 0) is 24.6 Å². The molecule has 0 saturated heterocycles. The van der Waals surface area contributed by atoms with Crippen LogP contribution in [-0.4, -0.2) is 33.7 Å². The highest BCUT2D eigenvalue weighted by Gasteiger charge is 2.11. The molecule has 6 heteroatoms. The molecule has 0 amide bonds. The van der Waals surface area contributed by atoms with Gasteiger partial charge in [0.2, 0.25) is 5.88 Å². The number of fused-ring (bicyclic) bond motifs is 1. The van der Waals surface area contributed by atoms with Gasteiger partial charge < -0.3 is 9.47 Å². The summed E-state index contributed by atoms with van der Waals surface area (Å²) >= 11 is 0. The molecule has 0 atom stereocenters. The molecule has 0 aliphatic rings. The molecule has 6 nitrogen and oxygen atoms in total. The maximum atomic E-state index is 5.40. The summed E-state index contributed by atoms with van der Waals surface area (Å²) in [7, 11) is 1.58. The van der Waals surface area contributed by atoms with Crippen molar-refractivity contribution in [2.24, 2.45) is 0 Å². The molecule has 2 heterocycles. The third-order valence-corrected chi connectivity index (χ3v) is 4.14. The van der Waals surface area contributed by atoms with Gasteiger partial charge in [0, 0.05) is 11.8 Å². The Labute approximate surface area is 156 Å². The van der Waals surface area contributed by atoms with Crippen molar-refractivity contribution in [3.63, 3.8) is 0 Å². The predicted molar refractivity (Wildman–Crippen MR) is 104 cm³/mol. The zero-order valence-electron chi connectivity index (χ0n) is 15.1. The summed E-state index contributed by atoms with van der Waals surface area (Å²) in [5.41, 5.74) is 5.33. The second kappa shape index (κ2) is 7.37. The van der Waals surface area contributed by atoms with Crippen molar-refractivity contribution in [3.8, 4) is 34.3 Å². The van der Waals surface area contributed by atoms with Crippen molar-refractivity contribution in [1.82, 2.24) is 19.9 Å². The number of ether oxygens (including phenoxy) is 2. The van der Waals surface area contributed by atoms with E-state index in [0.29, 0.717) is 18.5 Å². The summed E-state index contributed by atoms with van der Waals surface area (Å²) in [4.78, 5) is 17.7. The molecule has 2 aromatic heterocycles. The van der Waals surface area contributed by atoms with E-state index in [-0.39, 0.29) is 0 Å². The Morgan fingerprint density at radius 2 is 1.56 bits per heavy atom. The van der Waals surface area contributed by atoms with Crippen LogP contribution < -0.4 is 9.47 Å². The van der Waals surface area contributed by atoms with Gasteiger partial charge in [-0.2, -0.15) is 4.98 Å². The first-order valence-corrected chi connectivity index (χ1v) is 8.65. The van der Waals surface area contributed by atoms with Crippen molar-refractivity contribution in [1.29, 1.82) is 0 Å². The van der Waals surface area contributed by atoms with E-state index in [4.69, 9.17) is 9.47 Å². The van der Waals surface area contributed by atoms with Crippen molar-refractivity contribution in [2.45, 2.75) is 6.92 Å². The number of nitrogens with zero attached hydrogens (tertiary/aromatic N) is 4. The smallest absolute Gasteiger partial charge is 0.319 e. The standard InChI is InChI=1S/C21H18N4O2/c1-3-27-21-23-12-16(20(25-21)26-2)14-8-10-15(11-9-14)19-13-22-17-6-4-5-7-18(17)24-19/h4-13H,3H2,1-2H3. The lowest BCUT2D eigenvalue weighted by Crippen LogP contribution is -2.00. The van der Waals surface area contributed by atoms with Crippen LogP contribution in [0.15, 0.2) is 60.9 Å². The van der Waals surface area contributed by atoms with Gasteiger partial charge in [-0.15, -0.1) is 0 Å². The molecule has 4 aromatic rings. The van der Waals surface area contributed by atoms with Crippen LogP contribution in [0.2, 0.25) is 0 Å². The van der Waals surface area contributed by atoms with E-state index < -0.39 is 0 Å². The van der Waals surface area contributed by atoms with Gasteiger partial charge in [-0.25, -0.2) is 9.97 Å². The summed E-state index contributed by atoms with van der Waals surface area (Å²) in [6.45, 7) is 2.39. The number of aromatic nitrogens is 4. The Morgan fingerprint density at radius 3 is 2.30 bits per heavy atom. The van der Waals surface area contributed by atoms with E-state index in [9.17, 15) is 0 Å². The molecule has 0 aliphatic carbocycles. The molecule has 0 fully saturated rings. The first kappa shape index (κ1) is 16.9. The zero-order valence-corrected chi connectivity index (χ0v) is 15.1.